The van der Waals surface area contributed by atoms with E-state index in [1.807, 2.05) is 0 Å². The lowest BCUT2D eigenvalue weighted by Gasteiger charge is -2.29. The molecule has 278 valence electrons. The molecular formula is C39H39F5N6O3. The van der Waals surface area contributed by atoms with Gasteiger partial charge in [0.1, 0.15) is 28.7 Å². The minimum Gasteiger partial charge on any atom is -0.381 e. The van der Waals surface area contributed by atoms with Crippen LogP contribution >= 0.6 is 0 Å². The summed E-state index contributed by atoms with van der Waals surface area (Å²) < 4.78 is 84.0. The van der Waals surface area contributed by atoms with Crippen LogP contribution in [-0.2, 0) is 29.3 Å². The normalized spacial score (nSPS) is 17.7. The summed E-state index contributed by atoms with van der Waals surface area (Å²) in [5, 5.41) is 5.89. The maximum Gasteiger partial charge on any atom is 0.417 e. The number of methoxy groups -OCH3 is 1. The summed E-state index contributed by atoms with van der Waals surface area (Å²) in [7, 11) is 5.08. The fourth-order valence-electron chi connectivity index (χ4n) is 7.63. The third kappa shape index (κ3) is 6.69. The van der Waals surface area contributed by atoms with E-state index in [9.17, 15) is 22.8 Å². The first kappa shape index (κ1) is 36.3. The molecule has 2 N–H and O–H groups in total. The Morgan fingerprint density at radius 2 is 1.75 bits per heavy atom. The van der Waals surface area contributed by atoms with Crippen LogP contribution in [0.1, 0.15) is 53.0 Å². The zero-order chi connectivity index (χ0) is 37.8. The van der Waals surface area contributed by atoms with Gasteiger partial charge in [-0.05, 0) is 50.8 Å². The van der Waals surface area contributed by atoms with E-state index in [0.29, 0.717) is 52.6 Å². The van der Waals surface area contributed by atoms with E-state index in [1.54, 1.807) is 66.4 Å². The molecule has 53 heavy (non-hydrogen) atoms. The number of carbonyl (C=O) groups excluding carboxylic acids is 2. The van der Waals surface area contributed by atoms with E-state index in [2.05, 4.69) is 15.6 Å². The summed E-state index contributed by atoms with van der Waals surface area (Å²) in [5.74, 6) is -3.21. The van der Waals surface area contributed by atoms with Gasteiger partial charge < -0.3 is 29.4 Å². The fourth-order valence-corrected chi connectivity index (χ4v) is 7.63. The molecule has 2 aromatic heterocycles. The van der Waals surface area contributed by atoms with E-state index < -0.39 is 40.8 Å². The molecule has 5 aromatic rings. The fraction of sp³-hybridized carbons (Fsp3) is 0.359. The van der Waals surface area contributed by atoms with Crippen molar-refractivity contribution in [2.75, 3.05) is 37.5 Å². The molecule has 7 rings (SSSR count). The molecular weight excluding hydrogens is 695 g/mol. The number of nitrogens with one attached hydrogen (secondary N) is 2. The predicted octanol–water partition coefficient (Wildman–Crippen LogP) is 7.52. The molecule has 0 atom stereocenters. The molecule has 0 unspecified atom stereocenters. The first-order valence-electron chi connectivity index (χ1n) is 17.4. The highest BCUT2D eigenvalue weighted by atomic mass is 19.4. The van der Waals surface area contributed by atoms with Gasteiger partial charge in [0, 0.05) is 86.8 Å². The van der Waals surface area contributed by atoms with Crippen LogP contribution in [-0.4, -0.2) is 65.2 Å². The van der Waals surface area contributed by atoms with Gasteiger partial charge in [-0.3, -0.25) is 9.59 Å². The summed E-state index contributed by atoms with van der Waals surface area (Å²) in [6.45, 7) is 2.70. The number of alkyl halides is 3. The number of likely N-dealkylation sites (N-methyl/N-ethyl adjacent to an activating group) is 1. The zero-order valence-electron chi connectivity index (χ0n) is 29.7. The second-order valence-electron chi connectivity index (χ2n) is 13.7. The molecule has 9 nitrogen and oxygen atoms in total. The second kappa shape index (κ2) is 14.0. The van der Waals surface area contributed by atoms with E-state index in [4.69, 9.17) is 4.74 Å². The number of benzene rings is 3. The standard InChI is InChI=1S/C39H39F5N6O3/c1-21-46-35-31(49(21)3)19-28(39(42,43)44)33-26-8-5-7-25-27(20-50(36(25)26)16-15-48(2)37(33)35)38(52)22-17-29(40)34(30(41)18-22)47-32(51)9-6-14-45-23-10-12-24(53-4)13-11-23/h5-9,17-20,23-24,45H,10-16H2,1-4H3,(H,47,51)/b9-6+. The first-order valence-corrected chi connectivity index (χ1v) is 17.4. The summed E-state index contributed by atoms with van der Waals surface area (Å²) in [6, 6.07) is 7.84. The molecule has 0 saturated heterocycles. The molecule has 0 radical (unpaired) electrons. The Bertz CT molecular complexity index is 2260. The number of halogens is 5. The van der Waals surface area contributed by atoms with Crippen molar-refractivity contribution in [1.82, 2.24) is 19.4 Å². The van der Waals surface area contributed by atoms with Crippen molar-refractivity contribution >= 4 is 45.0 Å². The number of aryl methyl sites for hydroxylation is 2. The van der Waals surface area contributed by atoms with Gasteiger partial charge >= 0.3 is 6.18 Å². The van der Waals surface area contributed by atoms with Gasteiger partial charge in [-0.1, -0.05) is 24.3 Å². The largest absolute Gasteiger partial charge is 0.417 e. The van der Waals surface area contributed by atoms with Crippen LogP contribution in [0.5, 0.6) is 0 Å². The van der Waals surface area contributed by atoms with Crippen LogP contribution in [0.25, 0.3) is 33.1 Å². The molecule has 1 fully saturated rings. The molecule has 3 aromatic carbocycles. The number of aromatic nitrogens is 3. The SMILES string of the molecule is COC1CCC(NC/C=C/C(=O)Nc2c(F)cc(C(=O)c3cn4c5c(cccc35)-c3c(C(F)(F)F)cc5c(nc(C)n5C)c3N(C)CC4)cc2F)CC1. The minimum absolute atomic E-state index is 0.0644. The molecule has 3 heterocycles. The average molecular weight is 735 g/mol. The topological polar surface area (TPSA) is 93.4 Å². The van der Waals surface area contributed by atoms with Gasteiger partial charge in [-0.2, -0.15) is 13.2 Å². The Morgan fingerprint density at radius 1 is 1.04 bits per heavy atom. The smallest absolute Gasteiger partial charge is 0.381 e. The maximum atomic E-state index is 15.4. The lowest BCUT2D eigenvalue weighted by molar-refractivity contribution is -0.137. The maximum absolute atomic E-state index is 15.4. The Morgan fingerprint density at radius 3 is 2.43 bits per heavy atom. The number of amides is 1. The van der Waals surface area contributed by atoms with E-state index in [-0.39, 0.29) is 34.9 Å². The third-order valence-electron chi connectivity index (χ3n) is 10.5. The van der Waals surface area contributed by atoms with Crippen molar-refractivity contribution in [3.63, 3.8) is 0 Å². The number of carbonyl (C=O) groups is 2. The highest BCUT2D eigenvalue weighted by Crippen LogP contribution is 2.49. The number of anilines is 2. The molecule has 1 aliphatic heterocycles. The summed E-state index contributed by atoms with van der Waals surface area (Å²) >= 11 is 0. The van der Waals surface area contributed by atoms with Crippen molar-refractivity contribution < 1.29 is 36.3 Å². The lowest BCUT2D eigenvalue weighted by atomic mass is 9.92. The number of ether oxygens (including phenoxy) is 1. The van der Waals surface area contributed by atoms with Crippen LogP contribution in [0.15, 0.2) is 54.7 Å². The van der Waals surface area contributed by atoms with Crippen molar-refractivity contribution in [2.24, 2.45) is 7.05 Å². The van der Waals surface area contributed by atoms with Gasteiger partial charge in [0.25, 0.3) is 0 Å². The monoisotopic (exact) mass is 734 g/mol. The molecule has 1 amide bonds. The predicted molar refractivity (Wildman–Crippen MR) is 193 cm³/mol. The molecule has 0 bridgehead atoms. The van der Waals surface area contributed by atoms with Crippen LogP contribution < -0.4 is 15.5 Å². The van der Waals surface area contributed by atoms with E-state index >= 15 is 8.78 Å². The van der Waals surface area contributed by atoms with Crippen LogP contribution in [0.4, 0.5) is 33.3 Å². The van der Waals surface area contributed by atoms with Gasteiger partial charge in [0.15, 0.2) is 5.78 Å². The number of fused-ring (bicyclic) bond motifs is 4. The van der Waals surface area contributed by atoms with Crippen molar-refractivity contribution in [2.45, 2.75) is 57.5 Å². The van der Waals surface area contributed by atoms with Crippen LogP contribution in [0.2, 0.25) is 0 Å². The van der Waals surface area contributed by atoms with Gasteiger partial charge in [0.2, 0.25) is 5.91 Å². The number of nitrogens with zero attached hydrogens (tertiary/aromatic N) is 4. The summed E-state index contributed by atoms with van der Waals surface area (Å²) in [4.78, 5) is 32.9. The minimum atomic E-state index is -4.72. The molecule has 2 aliphatic rings. The highest BCUT2D eigenvalue weighted by molar-refractivity contribution is 6.19. The Hall–Kier alpha value is -5.08. The number of rotatable bonds is 8. The Labute approximate surface area is 302 Å². The zero-order valence-corrected chi connectivity index (χ0v) is 29.7. The molecule has 0 spiro atoms. The van der Waals surface area contributed by atoms with Crippen LogP contribution in [0, 0.1) is 18.6 Å². The number of hydrogen-bond acceptors (Lipinski definition) is 6. The van der Waals surface area contributed by atoms with Crippen molar-refractivity contribution in [3.8, 4) is 11.1 Å². The lowest BCUT2D eigenvalue weighted by Crippen LogP contribution is -2.35. The molecule has 14 heteroatoms. The number of hydrogen-bond donors (Lipinski definition) is 2. The molecule has 1 aliphatic carbocycles. The van der Waals surface area contributed by atoms with Gasteiger partial charge in [-0.15, -0.1) is 0 Å². The highest BCUT2D eigenvalue weighted by Gasteiger charge is 2.39. The number of ketones is 1. The second-order valence-corrected chi connectivity index (χ2v) is 13.7. The summed E-state index contributed by atoms with van der Waals surface area (Å²) in [5.41, 5.74) is -0.140. The average Bonchev–Trinajstić information content (AvgIpc) is 3.64. The van der Waals surface area contributed by atoms with Crippen molar-refractivity contribution in [3.05, 3.63) is 88.9 Å². The summed E-state index contributed by atoms with van der Waals surface area (Å²) in [6.07, 6.45) is 3.59. The van der Waals surface area contributed by atoms with E-state index in [1.165, 1.54) is 12.3 Å². The Kier molecular flexibility index (Phi) is 9.62. The molecule has 1 saturated carbocycles. The van der Waals surface area contributed by atoms with Crippen LogP contribution in [0.3, 0.4) is 0 Å². The van der Waals surface area contributed by atoms with Gasteiger partial charge in [0.05, 0.1) is 28.4 Å². The first-order chi connectivity index (χ1) is 25.3. The van der Waals surface area contributed by atoms with Crippen molar-refractivity contribution in [1.29, 1.82) is 0 Å². The third-order valence-corrected chi connectivity index (χ3v) is 10.5. The Balaban J connectivity index is 1.19. The quantitative estimate of drug-likeness (QED) is 0.0974. The van der Waals surface area contributed by atoms with Gasteiger partial charge in [-0.25, -0.2) is 13.8 Å². The van der Waals surface area contributed by atoms with E-state index in [0.717, 1.165) is 43.9 Å². The number of para-hydroxylation sites is 1. The number of imidazole rings is 1.